The molecular weight excluding hydrogens is 442 g/mol. The zero-order valence-electron chi connectivity index (χ0n) is 17.2. The lowest BCUT2D eigenvalue weighted by Crippen LogP contribution is -2.37. The average molecular weight is 469 g/mol. The third kappa shape index (κ3) is 8.73. The lowest BCUT2D eigenvalue weighted by Gasteiger charge is -2.23. The van der Waals surface area contributed by atoms with Gasteiger partial charge in [0.1, 0.15) is 5.82 Å². The van der Waals surface area contributed by atoms with Crippen molar-refractivity contribution in [2.45, 2.75) is 32.1 Å². The summed E-state index contributed by atoms with van der Waals surface area (Å²) in [5.41, 5.74) is 6.46. The van der Waals surface area contributed by atoms with Crippen LogP contribution in [0.1, 0.15) is 32.1 Å². The van der Waals surface area contributed by atoms with Crippen LogP contribution in [0.3, 0.4) is 0 Å². The average Bonchev–Trinajstić information content (AvgIpc) is 2.74. The molecule has 3 amide bonds. The molecule has 0 heterocycles. The monoisotopic (exact) mass is 468 g/mol. The van der Waals surface area contributed by atoms with Crippen LogP contribution in [-0.2, 0) is 4.79 Å². The molecule has 0 atom stereocenters. The number of carbonyl (C=O) groups is 2. The summed E-state index contributed by atoms with van der Waals surface area (Å²) >= 11 is 11.9. The van der Waals surface area contributed by atoms with Crippen molar-refractivity contribution in [3.8, 4) is 0 Å². The topological polar surface area (TPSA) is 87.5 Å². The SMILES string of the molecule is NCCCCCC(=O)NCCCN(C(=O)Nc1ccc(Cl)c(Cl)c1)c1ccc(F)cc1. The number of carbonyl (C=O) groups excluding carboxylic acids is 2. The van der Waals surface area contributed by atoms with Gasteiger partial charge in [-0.25, -0.2) is 9.18 Å². The van der Waals surface area contributed by atoms with Crippen LogP contribution in [0.2, 0.25) is 10.0 Å². The molecule has 2 aromatic carbocycles. The highest BCUT2D eigenvalue weighted by atomic mass is 35.5. The molecule has 0 saturated heterocycles. The molecule has 31 heavy (non-hydrogen) atoms. The van der Waals surface area contributed by atoms with Crippen LogP contribution in [0.25, 0.3) is 0 Å². The second-order valence-corrected chi connectivity index (χ2v) is 7.80. The predicted octanol–water partition coefficient (Wildman–Crippen LogP) is 5.20. The van der Waals surface area contributed by atoms with Gasteiger partial charge in [0.05, 0.1) is 10.0 Å². The van der Waals surface area contributed by atoms with Gasteiger partial charge in [-0.2, -0.15) is 0 Å². The van der Waals surface area contributed by atoms with E-state index in [9.17, 15) is 14.0 Å². The summed E-state index contributed by atoms with van der Waals surface area (Å²) in [5, 5.41) is 6.33. The van der Waals surface area contributed by atoms with Crippen LogP contribution in [0, 0.1) is 5.82 Å². The number of anilines is 2. The molecule has 168 valence electrons. The van der Waals surface area contributed by atoms with Crippen LogP contribution in [-0.4, -0.2) is 31.6 Å². The summed E-state index contributed by atoms with van der Waals surface area (Å²) in [6, 6.07) is 10.0. The molecule has 0 saturated carbocycles. The van der Waals surface area contributed by atoms with Gasteiger partial charge in [-0.1, -0.05) is 29.6 Å². The van der Waals surface area contributed by atoms with E-state index in [1.54, 1.807) is 18.2 Å². The zero-order chi connectivity index (χ0) is 22.6. The lowest BCUT2D eigenvalue weighted by molar-refractivity contribution is -0.121. The summed E-state index contributed by atoms with van der Waals surface area (Å²) in [6.07, 6.45) is 3.63. The minimum Gasteiger partial charge on any atom is -0.356 e. The van der Waals surface area contributed by atoms with Crippen molar-refractivity contribution in [1.29, 1.82) is 0 Å². The van der Waals surface area contributed by atoms with E-state index in [0.29, 0.717) is 53.9 Å². The van der Waals surface area contributed by atoms with Crippen molar-refractivity contribution in [3.63, 3.8) is 0 Å². The first-order valence-corrected chi connectivity index (χ1v) is 10.9. The molecule has 6 nitrogen and oxygen atoms in total. The molecule has 0 bridgehead atoms. The van der Waals surface area contributed by atoms with Crippen LogP contribution < -0.4 is 21.3 Å². The molecule has 0 aliphatic rings. The maximum absolute atomic E-state index is 13.3. The first-order chi connectivity index (χ1) is 14.9. The highest BCUT2D eigenvalue weighted by molar-refractivity contribution is 6.42. The maximum atomic E-state index is 13.3. The number of nitrogens with two attached hydrogens (primary N) is 1. The first-order valence-electron chi connectivity index (χ1n) is 10.2. The number of hydrogen-bond acceptors (Lipinski definition) is 3. The first kappa shape index (κ1) is 24.9. The van der Waals surface area contributed by atoms with Gasteiger partial charge in [-0.05, 0) is 68.3 Å². The third-order valence-corrected chi connectivity index (χ3v) is 5.28. The summed E-state index contributed by atoms with van der Waals surface area (Å²) < 4.78 is 13.3. The standard InChI is InChI=1S/C22H27Cl2FN4O2/c23-19-11-8-17(15-20(19)24)28-22(31)29(18-9-6-16(25)7-10-18)14-4-13-27-21(30)5-2-1-3-12-26/h6-11,15H,1-5,12-14,26H2,(H,27,30)(H,28,31). The Kier molecular flexibility index (Phi) is 10.6. The Morgan fingerprint density at radius 2 is 1.71 bits per heavy atom. The lowest BCUT2D eigenvalue weighted by atomic mass is 10.2. The molecule has 0 spiro atoms. The van der Waals surface area contributed by atoms with Crippen molar-refractivity contribution in [3.05, 3.63) is 58.3 Å². The number of unbranched alkanes of at least 4 members (excludes halogenated alkanes) is 2. The van der Waals surface area contributed by atoms with Crippen LogP contribution in [0.5, 0.6) is 0 Å². The van der Waals surface area contributed by atoms with E-state index in [4.69, 9.17) is 28.9 Å². The molecule has 0 aromatic heterocycles. The molecule has 9 heteroatoms. The van der Waals surface area contributed by atoms with Gasteiger partial charge in [-0.3, -0.25) is 9.69 Å². The molecule has 4 N–H and O–H groups in total. The molecule has 0 aliphatic heterocycles. The molecule has 2 rings (SSSR count). The highest BCUT2D eigenvalue weighted by Gasteiger charge is 2.16. The van der Waals surface area contributed by atoms with Crippen molar-refractivity contribution in [2.24, 2.45) is 5.73 Å². The second kappa shape index (κ2) is 13.1. The molecule has 0 aliphatic carbocycles. The van der Waals surface area contributed by atoms with Crippen molar-refractivity contribution >= 4 is 46.5 Å². The molecule has 0 radical (unpaired) electrons. The highest BCUT2D eigenvalue weighted by Crippen LogP contribution is 2.25. The van der Waals surface area contributed by atoms with Gasteiger partial charge in [-0.15, -0.1) is 0 Å². The fourth-order valence-corrected chi connectivity index (χ4v) is 3.19. The quantitative estimate of drug-likeness (QED) is 0.396. The maximum Gasteiger partial charge on any atom is 0.326 e. The van der Waals surface area contributed by atoms with Gasteiger partial charge in [0, 0.05) is 30.9 Å². The van der Waals surface area contributed by atoms with Crippen molar-refractivity contribution in [2.75, 3.05) is 29.9 Å². The van der Waals surface area contributed by atoms with E-state index >= 15 is 0 Å². The number of halogens is 3. The molecule has 0 unspecified atom stereocenters. The van der Waals surface area contributed by atoms with Crippen LogP contribution >= 0.6 is 23.2 Å². The number of nitrogens with zero attached hydrogens (tertiary/aromatic N) is 1. The van der Waals surface area contributed by atoms with Crippen molar-refractivity contribution in [1.82, 2.24) is 5.32 Å². The summed E-state index contributed by atoms with van der Waals surface area (Å²) in [6.45, 7) is 1.38. The van der Waals surface area contributed by atoms with Crippen LogP contribution in [0.4, 0.5) is 20.6 Å². The van der Waals surface area contributed by atoms with Gasteiger partial charge in [0.15, 0.2) is 0 Å². The summed E-state index contributed by atoms with van der Waals surface area (Å²) in [7, 11) is 0. The van der Waals surface area contributed by atoms with E-state index in [2.05, 4.69) is 10.6 Å². The summed E-state index contributed by atoms with van der Waals surface area (Å²) in [5.74, 6) is -0.416. The Labute approximate surface area is 191 Å². The van der Waals surface area contributed by atoms with Crippen LogP contribution in [0.15, 0.2) is 42.5 Å². The van der Waals surface area contributed by atoms with E-state index in [1.165, 1.54) is 29.2 Å². The van der Waals surface area contributed by atoms with E-state index in [-0.39, 0.29) is 5.91 Å². The Morgan fingerprint density at radius 3 is 2.39 bits per heavy atom. The fraction of sp³-hybridized carbons (Fsp3) is 0.364. The van der Waals surface area contributed by atoms with E-state index < -0.39 is 11.8 Å². The largest absolute Gasteiger partial charge is 0.356 e. The third-order valence-electron chi connectivity index (χ3n) is 4.54. The minimum absolute atomic E-state index is 0.0226. The summed E-state index contributed by atoms with van der Waals surface area (Å²) in [4.78, 5) is 26.2. The minimum atomic E-state index is -0.405. The number of hydrogen-bond donors (Lipinski definition) is 3. The number of benzene rings is 2. The zero-order valence-corrected chi connectivity index (χ0v) is 18.7. The molecular formula is C22H27Cl2FN4O2. The van der Waals surface area contributed by atoms with Gasteiger partial charge >= 0.3 is 6.03 Å². The number of urea groups is 1. The normalized spacial score (nSPS) is 10.6. The molecule has 2 aromatic rings. The Bertz CT molecular complexity index is 865. The van der Waals surface area contributed by atoms with Crippen molar-refractivity contribution < 1.29 is 14.0 Å². The van der Waals surface area contributed by atoms with Gasteiger partial charge in [0.25, 0.3) is 0 Å². The van der Waals surface area contributed by atoms with Gasteiger partial charge < -0.3 is 16.4 Å². The Balaban J connectivity index is 1.94. The fourth-order valence-electron chi connectivity index (χ4n) is 2.89. The van der Waals surface area contributed by atoms with Gasteiger partial charge in [0.2, 0.25) is 5.91 Å². The van der Waals surface area contributed by atoms with E-state index in [1.807, 2.05) is 0 Å². The number of rotatable bonds is 11. The predicted molar refractivity (Wildman–Crippen MR) is 124 cm³/mol. The van der Waals surface area contributed by atoms with E-state index in [0.717, 1.165) is 19.3 Å². The smallest absolute Gasteiger partial charge is 0.326 e. The Hall–Kier alpha value is -2.35. The Morgan fingerprint density at radius 1 is 0.968 bits per heavy atom. The second-order valence-electron chi connectivity index (χ2n) is 6.99. The molecule has 0 fully saturated rings. The number of amides is 3. The number of nitrogens with one attached hydrogen (secondary N) is 2.